The maximum Gasteiger partial charge on any atom is 0.259 e. The molecule has 6 nitrogen and oxygen atoms in total. The van der Waals surface area contributed by atoms with Crippen LogP contribution in [0, 0.1) is 18.8 Å². The number of aryl methyl sites for hydroxylation is 1. The zero-order valence-electron chi connectivity index (χ0n) is 17.4. The van der Waals surface area contributed by atoms with Crippen molar-refractivity contribution in [3.63, 3.8) is 0 Å². The number of phenolic OH excluding ortho intramolecular Hbond substituents is 1. The number of benzene rings is 2. The van der Waals surface area contributed by atoms with Gasteiger partial charge in [0.25, 0.3) is 11.8 Å². The van der Waals surface area contributed by atoms with Gasteiger partial charge in [0.2, 0.25) is 0 Å². The second-order valence-corrected chi connectivity index (χ2v) is 8.02. The van der Waals surface area contributed by atoms with Crippen LogP contribution in [-0.2, 0) is 0 Å². The molecule has 2 N–H and O–H groups in total. The van der Waals surface area contributed by atoms with Crippen LogP contribution in [0.5, 0.6) is 11.5 Å². The van der Waals surface area contributed by atoms with Crippen LogP contribution in [0.15, 0.2) is 36.4 Å². The number of aromatic hydroxyl groups is 1. The van der Waals surface area contributed by atoms with Crippen molar-refractivity contribution in [3.05, 3.63) is 53.1 Å². The standard InChI is InChI=1S/C23H28N2O4/c1-14-9-15(2)13-25(12-14)23(28)17-6-5-16(3)20(10-17)24-22(27)19-8-7-18(29-4)11-21(19)26/h5-8,10-11,14-15,26H,9,12-13H2,1-4H3,(H,24,27). The molecule has 29 heavy (non-hydrogen) atoms. The number of hydrogen-bond donors (Lipinski definition) is 2. The highest BCUT2D eigenvalue weighted by Gasteiger charge is 2.26. The fourth-order valence-corrected chi connectivity index (χ4v) is 3.92. The summed E-state index contributed by atoms with van der Waals surface area (Å²) in [6, 6.07) is 9.83. The summed E-state index contributed by atoms with van der Waals surface area (Å²) in [7, 11) is 1.49. The summed E-state index contributed by atoms with van der Waals surface area (Å²) in [5, 5.41) is 12.9. The highest BCUT2D eigenvalue weighted by molar-refractivity contribution is 6.07. The molecule has 0 aliphatic carbocycles. The van der Waals surface area contributed by atoms with E-state index < -0.39 is 5.91 Å². The first-order chi connectivity index (χ1) is 13.8. The number of ether oxygens (including phenoxy) is 1. The van der Waals surface area contributed by atoms with E-state index in [1.807, 2.05) is 17.9 Å². The molecule has 6 heteroatoms. The van der Waals surface area contributed by atoms with E-state index in [-0.39, 0.29) is 17.2 Å². The molecule has 1 saturated heterocycles. The van der Waals surface area contributed by atoms with Gasteiger partial charge in [-0.25, -0.2) is 0 Å². The number of nitrogens with zero attached hydrogens (tertiary/aromatic N) is 1. The molecular formula is C23H28N2O4. The first kappa shape index (κ1) is 20.7. The number of amides is 2. The lowest BCUT2D eigenvalue weighted by Gasteiger charge is -2.35. The summed E-state index contributed by atoms with van der Waals surface area (Å²) in [5.41, 5.74) is 2.07. The number of nitrogens with one attached hydrogen (secondary N) is 1. The van der Waals surface area contributed by atoms with Gasteiger partial charge in [0.15, 0.2) is 0 Å². The zero-order chi connectivity index (χ0) is 21.1. The van der Waals surface area contributed by atoms with Crippen LogP contribution in [-0.4, -0.2) is 42.0 Å². The van der Waals surface area contributed by atoms with Gasteiger partial charge in [-0.1, -0.05) is 19.9 Å². The van der Waals surface area contributed by atoms with Gasteiger partial charge in [0, 0.05) is 30.4 Å². The maximum atomic E-state index is 13.0. The third-order valence-electron chi connectivity index (χ3n) is 5.34. The molecule has 2 atom stereocenters. The van der Waals surface area contributed by atoms with Gasteiger partial charge in [-0.2, -0.15) is 0 Å². The average Bonchev–Trinajstić information content (AvgIpc) is 2.68. The number of rotatable bonds is 4. The number of methoxy groups -OCH3 is 1. The first-order valence-corrected chi connectivity index (χ1v) is 9.86. The van der Waals surface area contributed by atoms with E-state index in [9.17, 15) is 14.7 Å². The Hall–Kier alpha value is -3.02. The first-order valence-electron chi connectivity index (χ1n) is 9.86. The van der Waals surface area contributed by atoms with E-state index in [2.05, 4.69) is 19.2 Å². The molecule has 1 heterocycles. The van der Waals surface area contributed by atoms with Crippen molar-refractivity contribution in [1.82, 2.24) is 4.90 Å². The second-order valence-electron chi connectivity index (χ2n) is 8.02. The Morgan fingerprint density at radius 3 is 2.41 bits per heavy atom. The largest absolute Gasteiger partial charge is 0.507 e. The summed E-state index contributed by atoms with van der Waals surface area (Å²) >= 11 is 0. The van der Waals surface area contributed by atoms with Crippen LogP contribution in [0.2, 0.25) is 0 Å². The Kier molecular flexibility index (Phi) is 6.11. The van der Waals surface area contributed by atoms with Gasteiger partial charge in [0.1, 0.15) is 11.5 Å². The summed E-state index contributed by atoms with van der Waals surface area (Å²) in [5.74, 6) is 0.788. The molecule has 1 fully saturated rings. The molecule has 1 aliphatic rings. The molecule has 0 saturated carbocycles. The predicted molar refractivity (Wildman–Crippen MR) is 113 cm³/mol. The van der Waals surface area contributed by atoms with E-state index >= 15 is 0 Å². The number of likely N-dealkylation sites (tertiary alicyclic amines) is 1. The van der Waals surface area contributed by atoms with Gasteiger partial charge >= 0.3 is 0 Å². The van der Waals surface area contributed by atoms with Crippen molar-refractivity contribution in [1.29, 1.82) is 0 Å². The molecule has 0 bridgehead atoms. The molecule has 0 aromatic heterocycles. The van der Waals surface area contributed by atoms with Crippen LogP contribution < -0.4 is 10.1 Å². The number of piperidine rings is 1. The van der Waals surface area contributed by atoms with Crippen molar-refractivity contribution in [3.8, 4) is 11.5 Å². The van der Waals surface area contributed by atoms with Crippen LogP contribution in [0.4, 0.5) is 5.69 Å². The maximum absolute atomic E-state index is 13.0. The van der Waals surface area contributed by atoms with Crippen molar-refractivity contribution >= 4 is 17.5 Å². The van der Waals surface area contributed by atoms with Gasteiger partial charge in [-0.3, -0.25) is 9.59 Å². The molecule has 2 amide bonds. The van der Waals surface area contributed by atoms with E-state index in [0.717, 1.165) is 25.1 Å². The molecule has 1 aliphatic heterocycles. The van der Waals surface area contributed by atoms with Gasteiger partial charge in [-0.15, -0.1) is 0 Å². The van der Waals surface area contributed by atoms with E-state index in [0.29, 0.717) is 28.8 Å². The number of carbonyl (C=O) groups is 2. The van der Waals surface area contributed by atoms with Crippen LogP contribution in [0.25, 0.3) is 0 Å². The smallest absolute Gasteiger partial charge is 0.259 e. The van der Waals surface area contributed by atoms with Crippen molar-refractivity contribution in [2.75, 3.05) is 25.5 Å². The lowest BCUT2D eigenvalue weighted by atomic mass is 9.91. The molecule has 0 radical (unpaired) electrons. The zero-order valence-corrected chi connectivity index (χ0v) is 17.4. The molecule has 0 spiro atoms. The lowest BCUT2D eigenvalue weighted by Crippen LogP contribution is -2.42. The fraction of sp³-hybridized carbons (Fsp3) is 0.391. The average molecular weight is 396 g/mol. The summed E-state index contributed by atoms with van der Waals surface area (Å²) in [4.78, 5) is 27.5. The Labute approximate surface area is 171 Å². The SMILES string of the molecule is COc1ccc(C(=O)Nc2cc(C(=O)N3CC(C)CC(C)C3)ccc2C)c(O)c1. The summed E-state index contributed by atoms with van der Waals surface area (Å²) in [6.45, 7) is 7.69. The minimum atomic E-state index is -0.446. The minimum absolute atomic E-state index is 0.0220. The number of hydrogen-bond acceptors (Lipinski definition) is 4. The minimum Gasteiger partial charge on any atom is -0.507 e. The highest BCUT2D eigenvalue weighted by Crippen LogP contribution is 2.27. The van der Waals surface area contributed by atoms with Crippen molar-refractivity contribution in [2.45, 2.75) is 27.2 Å². The van der Waals surface area contributed by atoms with Gasteiger partial charge < -0.3 is 20.1 Å². The molecule has 154 valence electrons. The van der Waals surface area contributed by atoms with Crippen LogP contribution >= 0.6 is 0 Å². The number of anilines is 1. The van der Waals surface area contributed by atoms with E-state index in [1.165, 1.54) is 19.2 Å². The van der Waals surface area contributed by atoms with E-state index in [1.54, 1.807) is 18.2 Å². The molecular weight excluding hydrogens is 368 g/mol. The van der Waals surface area contributed by atoms with E-state index in [4.69, 9.17) is 4.74 Å². The fourth-order valence-electron chi connectivity index (χ4n) is 3.92. The van der Waals surface area contributed by atoms with Gasteiger partial charge in [-0.05, 0) is 55.0 Å². The van der Waals surface area contributed by atoms with Crippen LogP contribution in [0.3, 0.4) is 0 Å². The Morgan fingerprint density at radius 1 is 1.10 bits per heavy atom. The highest BCUT2D eigenvalue weighted by atomic mass is 16.5. The Balaban J connectivity index is 1.80. The molecule has 2 aromatic rings. The normalized spacial score (nSPS) is 19.0. The number of carbonyl (C=O) groups excluding carboxylic acids is 2. The second kappa shape index (κ2) is 8.55. The third-order valence-corrected chi connectivity index (χ3v) is 5.34. The molecule has 3 rings (SSSR count). The van der Waals surface area contributed by atoms with Crippen LogP contribution in [0.1, 0.15) is 46.5 Å². The number of phenols is 1. The summed E-state index contributed by atoms with van der Waals surface area (Å²) < 4.78 is 5.05. The third kappa shape index (κ3) is 4.70. The molecule has 2 aromatic carbocycles. The lowest BCUT2D eigenvalue weighted by molar-refractivity contribution is 0.0623. The summed E-state index contributed by atoms with van der Waals surface area (Å²) in [6.07, 6.45) is 1.13. The van der Waals surface area contributed by atoms with Gasteiger partial charge in [0.05, 0.1) is 12.7 Å². The Morgan fingerprint density at radius 2 is 1.79 bits per heavy atom. The molecule has 2 unspecified atom stereocenters. The van der Waals surface area contributed by atoms with Crippen molar-refractivity contribution in [2.24, 2.45) is 11.8 Å². The predicted octanol–water partition coefficient (Wildman–Crippen LogP) is 4.08. The topological polar surface area (TPSA) is 78.9 Å². The Bertz CT molecular complexity index is 915. The monoisotopic (exact) mass is 396 g/mol. The van der Waals surface area contributed by atoms with Crippen molar-refractivity contribution < 1.29 is 19.4 Å². The quantitative estimate of drug-likeness (QED) is 0.816.